The van der Waals surface area contributed by atoms with Crippen LogP contribution in [0.5, 0.6) is 0 Å². The van der Waals surface area contributed by atoms with Crippen LogP contribution in [0.2, 0.25) is 5.02 Å². The molecule has 0 aliphatic rings. The first kappa shape index (κ1) is 13.1. The van der Waals surface area contributed by atoms with E-state index in [0.717, 1.165) is 0 Å². The van der Waals surface area contributed by atoms with Gasteiger partial charge in [-0.1, -0.05) is 23.7 Å². The van der Waals surface area contributed by atoms with Crippen molar-refractivity contribution in [2.24, 2.45) is 5.73 Å². The number of benzene rings is 1. The van der Waals surface area contributed by atoms with Crippen molar-refractivity contribution in [3.63, 3.8) is 0 Å². The molecule has 0 radical (unpaired) electrons. The third-order valence-corrected chi connectivity index (χ3v) is 2.45. The van der Waals surface area contributed by atoms with Gasteiger partial charge in [0.25, 0.3) is 5.92 Å². The zero-order chi connectivity index (χ0) is 12.5. The third kappa shape index (κ3) is 2.57. The highest BCUT2D eigenvalue weighted by Gasteiger charge is 2.32. The molecule has 5 heteroatoms. The molecule has 0 aliphatic heterocycles. The number of hydrogen-bond acceptors (Lipinski definition) is 2. The minimum atomic E-state index is -3.17. The van der Waals surface area contributed by atoms with Crippen LogP contribution in [-0.4, -0.2) is 11.8 Å². The van der Waals surface area contributed by atoms with Crippen molar-refractivity contribution in [3.8, 4) is 0 Å². The smallest absolute Gasteiger partial charge is 0.272 e. The van der Waals surface area contributed by atoms with Gasteiger partial charge >= 0.3 is 0 Å². The summed E-state index contributed by atoms with van der Waals surface area (Å²) in [6.45, 7) is 2.15. The number of nitrogens with two attached hydrogens (primary N) is 1. The Labute approximate surface area is 97.4 Å². The SMILES string of the molecule is CC(N)C(=O)c1cccc(Cl)c1C(C)(F)F. The van der Waals surface area contributed by atoms with Gasteiger partial charge in [-0.15, -0.1) is 0 Å². The van der Waals surface area contributed by atoms with Crippen LogP contribution < -0.4 is 5.73 Å². The Morgan fingerprint density at radius 1 is 1.50 bits per heavy atom. The fourth-order valence-electron chi connectivity index (χ4n) is 1.42. The van der Waals surface area contributed by atoms with E-state index in [9.17, 15) is 13.6 Å². The number of halogens is 3. The highest BCUT2D eigenvalue weighted by molar-refractivity contribution is 6.32. The molecule has 0 amide bonds. The van der Waals surface area contributed by atoms with Crippen molar-refractivity contribution in [2.45, 2.75) is 25.8 Å². The van der Waals surface area contributed by atoms with Gasteiger partial charge in [-0.2, -0.15) is 0 Å². The van der Waals surface area contributed by atoms with E-state index in [-0.39, 0.29) is 10.6 Å². The average molecular weight is 248 g/mol. The molecule has 0 spiro atoms. The molecule has 88 valence electrons. The summed E-state index contributed by atoms with van der Waals surface area (Å²) in [5.74, 6) is -3.71. The van der Waals surface area contributed by atoms with Gasteiger partial charge in [0.05, 0.1) is 11.1 Å². The quantitative estimate of drug-likeness (QED) is 0.835. The fourth-order valence-corrected chi connectivity index (χ4v) is 1.76. The van der Waals surface area contributed by atoms with Gasteiger partial charge in [0, 0.05) is 18.1 Å². The molecule has 0 saturated carbocycles. The molecule has 0 saturated heterocycles. The summed E-state index contributed by atoms with van der Waals surface area (Å²) in [5.41, 5.74) is 4.82. The summed E-state index contributed by atoms with van der Waals surface area (Å²) in [6.07, 6.45) is 0. The molecule has 0 heterocycles. The second-order valence-electron chi connectivity index (χ2n) is 3.70. The Morgan fingerprint density at radius 2 is 2.06 bits per heavy atom. The van der Waals surface area contributed by atoms with Gasteiger partial charge < -0.3 is 5.73 Å². The van der Waals surface area contributed by atoms with E-state index in [1.54, 1.807) is 0 Å². The lowest BCUT2D eigenvalue weighted by Crippen LogP contribution is -2.29. The molecule has 1 rings (SSSR count). The number of alkyl halides is 2. The molecule has 1 aromatic carbocycles. The van der Waals surface area contributed by atoms with E-state index < -0.39 is 23.3 Å². The largest absolute Gasteiger partial charge is 0.321 e. The molecule has 0 fully saturated rings. The van der Waals surface area contributed by atoms with E-state index in [4.69, 9.17) is 17.3 Å². The maximum absolute atomic E-state index is 13.3. The minimum absolute atomic E-state index is 0.116. The van der Waals surface area contributed by atoms with Crippen molar-refractivity contribution in [1.82, 2.24) is 0 Å². The monoisotopic (exact) mass is 247 g/mol. The predicted octanol–water partition coefficient (Wildman–Crippen LogP) is 2.98. The molecular formula is C11H12ClF2NO. The Kier molecular flexibility index (Phi) is 3.65. The topological polar surface area (TPSA) is 43.1 Å². The first-order chi connectivity index (χ1) is 7.25. The highest BCUT2D eigenvalue weighted by Crippen LogP contribution is 2.35. The molecule has 0 bridgehead atoms. The van der Waals surface area contributed by atoms with Crippen LogP contribution in [0, 0.1) is 0 Å². The highest BCUT2D eigenvalue weighted by atomic mass is 35.5. The third-order valence-electron chi connectivity index (χ3n) is 2.13. The van der Waals surface area contributed by atoms with E-state index in [1.165, 1.54) is 25.1 Å². The van der Waals surface area contributed by atoms with E-state index in [2.05, 4.69) is 0 Å². The second-order valence-corrected chi connectivity index (χ2v) is 4.11. The lowest BCUT2D eigenvalue weighted by molar-refractivity contribution is 0.0165. The van der Waals surface area contributed by atoms with Crippen molar-refractivity contribution in [1.29, 1.82) is 0 Å². The van der Waals surface area contributed by atoms with E-state index >= 15 is 0 Å². The minimum Gasteiger partial charge on any atom is -0.321 e. The van der Waals surface area contributed by atoms with E-state index in [0.29, 0.717) is 6.92 Å². The maximum atomic E-state index is 13.3. The number of carbonyl (C=O) groups is 1. The molecule has 2 nitrogen and oxygen atoms in total. The lowest BCUT2D eigenvalue weighted by Gasteiger charge is -2.17. The van der Waals surface area contributed by atoms with Crippen molar-refractivity contribution in [2.75, 3.05) is 0 Å². The van der Waals surface area contributed by atoms with Crippen LogP contribution in [-0.2, 0) is 5.92 Å². The molecular weight excluding hydrogens is 236 g/mol. The molecule has 1 atom stereocenters. The number of Topliss-reactive ketones (excluding diaryl/α,β-unsaturated/α-hetero) is 1. The van der Waals surface area contributed by atoms with Gasteiger partial charge in [-0.25, -0.2) is 8.78 Å². The van der Waals surface area contributed by atoms with Gasteiger partial charge in [-0.3, -0.25) is 4.79 Å². The van der Waals surface area contributed by atoms with Crippen molar-refractivity contribution >= 4 is 17.4 Å². The molecule has 1 aromatic rings. The summed E-state index contributed by atoms with van der Waals surface area (Å²) in [5, 5.41) is -0.126. The van der Waals surface area contributed by atoms with Gasteiger partial charge in [0.2, 0.25) is 0 Å². The molecule has 16 heavy (non-hydrogen) atoms. The summed E-state index contributed by atoms with van der Waals surface area (Å²) in [7, 11) is 0. The number of hydrogen-bond donors (Lipinski definition) is 1. The van der Waals surface area contributed by atoms with Crippen molar-refractivity contribution < 1.29 is 13.6 Å². The summed E-state index contributed by atoms with van der Waals surface area (Å²) >= 11 is 5.69. The van der Waals surface area contributed by atoms with Crippen LogP contribution in [0.15, 0.2) is 18.2 Å². The normalized spacial score (nSPS) is 13.6. The van der Waals surface area contributed by atoms with Gasteiger partial charge in [0.15, 0.2) is 5.78 Å². The van der Waals surface area contributed by atoms with Crippen LogP contribution in [0.25, 0.3) is 0 Å². The van der Waals surface area contributed by atoms with Gasteiger partial charge in [0.1, 0.15) is 0 Å². The Bertz CT molecular complexity index is 413. The zero-order valence-corrected chi connectivity index (χ0v) is 9.68. The molecule has 0 aromatic heterocycles. The lowest BCUT2D eigenvalue weighted by atomic mass is 9.96. The Morgan fingerprint density at radius 3 is 2.50 bits per heavy atom. The summed E-state index contributed by atoms with van der Waals surface area (Å²) in [4.78, 5) is 11.6. The van der Waals surface area contributed by atoms with E-state index in [1.807, 2.05) is 0 Å². The van der Waals surface area contributed by atoms with Crippen LogP contribution in [0.1, 0.15) is 29.8 Å². The number of rotatable bonds is 3. The number of ketones is 1. The first-order valence-corrected chi connectivity index (χ1v) is 5.09. The standard InChI is InChI=1S/C11H12ClF2NO/c1-6(15)10(16)7-4-3-5-8(12)9(7)11(2,13)14/h3-6H,15H2,1-2H3. The Balaban J connectivity index is 3.41. The number of carbonyl (C=O) groups excluding carboxylic acids is 1. The van der Waals surface area contributed by atoms with Gasteiger partial charge in [-0.05, 0) is 13.0 Å². The summed E-state index contributed by atoms with van der Waals surface area (Å²) in [6, 6.07) is 3.25. The predicted molar refractivity (Wildman–Crippen MR) is 59.0 cm³/mol. The average Bonchev–Trinajstić information content (AvgIpc) is 2.14. The molecule has 1 unspecified atom stereocenters. The van der Waals surface area contributed by atoms with Crippen LogP contribution in [0.3, 0.4) is 0 Å². The van der Waals surface area contributed by atoms with Crippen LogP contribution >= 0.6 is 11.6 Å². The summed E-state index contributed by atoms with van der Waals surface area (Å²) < 4.78 is 26.6. The Hall–Kier alpha value is -1.00. The van der Waals surface area contributed by atoms with Crippen molar-refractivity contribution in [3.05, 3.63) is 34.3 Å². The molecule has 0 aliphatic carbocycles. The second kappa shape index (κ2) is 4.47. The zero-order valence-electron chi connectivity index (χ0n) is 8.93. The maximum Gasteiger partial charge on any atom is 0.272 e. The van der Waals surface area contributed by atoms with Crippen LogP contribution in [0.4, 0.5) is 8.78 Å². The molecule has 2 N–H and O–H groups in total. The first-order valence-electron chi connectivity index (χ1n) is 4.71. The fraction of sp³-hybridized carbons (Fsp3) is 0.364.